The first kappa shape index (κ1) is 13.7. The summed E-state index contributed by atoms with van der Waals surface area (Å²) in [4.78, 5) is 1.48. The minimum absolute atomic E-state index is 0.0621. The van der Waals surface area contributed by atoms with Crippen LogP contribution < -0.4 is 10.2 Å². The van der Waals surface area contributed by atoms with Gasteiger partial charge in [0.1, 0.15) is 6.54 Å². The van der Waals surface area contributed by atoms with Crippen molar-refractivity contribution in [2.45, 2.75) is 50.5 Å². The molecule has 110 valence electrons. The number of benzene rings is 1. The van der Waals surface area contributed by atoms with Crippen molar-refractivity contribution in [2.24, 2.45) is 0 Å². The quantitative estimate of drug-likeness (QED) is 0.860. The summed E-state index contributed by atoms with van der Waals surface area (Å²) >= 11 is 0. The fourth-order valence-electron chi connectivity index (χ4n) is 2.37. The SMILES string of the molecule is FC(F)(F)CN(c1ccc(CNC2CC2)cc1)C1CC1. The second-order valence-electron chi connectivity index (χ2n) is 5.80. The molecule has 0 bridgehead atoms. The van der Waals surface area contributed by atoms with Crippen molar-refractivity contribution in [2.75, 3.05) is 11.4 Å². The average molecular weight is 284 g/mol. The maximum Gasteiger partial charge on any atom is 0.405 e. The molecule has 3 rings (SSSR count). The molecule has 0 atom stereocenters. The summed E-state index contributed by atoms with van der Waals surface area (Å²) in [6, 6.07) is 8.18. The molecule has 0 radical (unpaired) electrons. The van der Waals surface area contributed by atoms with Gasteiger partial charge in [-0.2, -0.15) is 13.2 Å². The van der Waals surface area contributed by atoms with E-state index in [2.05, 4.69) is 5.32 Å². The Balaban J connectivity index is 1.64. The second kappa shape index (κ2) is 5.28. The van der Waals surface area contributed by atoms with Gasteiger partial charge in [-0.3, -0.25) is 0 Å². The number of hydrogen-bond donors (Lipinski definition) is 1. The summed E-state index contributed by atoms with van der Waals surface area (Å²) in [5.41, 5.74) is 1.81. The highest BCUT2D eigenvalue weighted by molar-refractivity contribution is 5.50. The third-order valence-corrected chi connectivity index (χ3v) is 3.78. The van der Waals surface area contributed by atoms with E-state index in [1.165, 1.54) is 17.7 Å². The first-order valence-corrected chi connectivity index (χ1v) is 7.17. The second-order valence-corrected chi connectivity index (χ2v) is 5.80. The Labute approximate surface area is 117 Å². The molecule has 0 aliphatic heterocycles. The van der Waals surface area contributed by atoms with Crippen LogP contribution in [0.4, 0.5) is 18.9 Å². The maximum absolute atomic E-state index is 12.6. The summed E-state index contributed by atoms with van der Waals surface area (Å²) in [6.45, 7) is -0.0506. The van der Waals surface area contributed by atoms with Crippen LogP contribution in [0, 0.1) is 0 Å². The molecule has 2 saturated carbocycles. The van der Waals surface area contributed by atoms with Crippen molar-refractivity contribution in [3.63, 3.8) is 0 Å². The van der Waals surface area contributed by atoms with Crippen LogP contribution in [0.3, 0.4) is 0 Å². The molecule has 2 aliphatic carbocycles. The van der Waals surface area contributed by atoms with Gasteiger partial charge < -0.3 is 10.2 Å². The van der Waals surface area contributed by atoms with Gasteiger partial charge in [0.25, 0.3) is 0 Å². The molecule has 1 aromatic rings. The van der Waals surface area contributed by atoms with Gasteiger partial charge in [-0.05, 0) is 43.4 Å². The monoisotopic (exact) mass is 284 g/mol. The van der Waals surface area contributed by atoms with E-state index in [-0.39, 0.29) is 6.04 Å². The lowest BCUT2D eigenvalue weighted by molar-refractivity contribution is -0.120. The molecule has 1 N–H and O–H groups in total. The van der Waals surface area contributed by atoms with Crippen LogP contribution in [0.15, 0.2) is 24.3 Å². The third-order valence-electron chi connectivity index (χ3n) is 3.78. The summed E-state index contributed by atoms with van der Waals surface area (Å²) in [5, 5.41) is 3.40. The topological polar surface area (TPSA) is 15.3 Å². The van der Waals surface area contributed by atoms with E-state index in [4.69, 9.17) is 0 Å². The van der Waals surface area contributed by atoms with E-state index in [9.17, 15) is 13.2 Å². The zero-order valence-corrected chi connectivity index (χ0v) is 11.3. The lowest BCUT2D eigenvalue weighted by atomic mass is 10.2. The maximum atomic E-state index is 12.6. The molecular formula is C15H19F3N2. The number of rotatable bonds is 6. The molecule has 2 aliphatic rings. The molecular weight excluding hydrogens is 265 g/mol. The van der Waals surface area contributed by atoms with E-state index < -0.39 is 12.7 Å². The smallest absolute Gasteiger partial charge is 0.360 e. The molecule has 2 fully saturated rings. The lowest BCUT2D eigenvalue weighted by Crippen LogP contribution is -2.35. The highest BCUT2D eigenvalue weighted by Gasteiger charge is 2.38. The Morgan fingerprint density at radius 1 is 1.05 bits per heavy atom. The predicted octanol–water partition coefficient (Wildman–Crippen LogP) is 3.47. The molecule has 5 heteroatoms. The van der Waals surface area contributed by atoms with Gasteiger partial charge in [0.15, 0.2) is 0 Å². The van der Waals surface area contributed by atoms with Crippen molar-refractivity contribution in [3.8, 4) is 0 Å². The van der Waals surface area contributed by atoms with Gasteiger partial charge in [0.2, 0.25) is 0 Å². The summed E-state index contributed by atoms with van der Waals surface area (Å²) in [6.07, 6.45) is 0.0508. The van der Waals surface area contributed by atoms with Crippen molar-refractivity contribution >= 4 is 5.69 Å². The number of halogens is 3. The number of nitrogens with zero attached hydrogens (tertiary/aromatic N) is 1. The molecule has 0 unspecified atom stereocenters. The zero-order valence-electron chi connectivity index (χ0n) is 11.3. The minimum atomic E-state index is -4.14. The molecule has 1 aromatic carbocycles. The molecule has 2 nitrogen and oxygen atoms in total. The van der Waals surface area contributed by atoms with Gasteiger partial charge in [0.05, 0.1) is 0 Å². The summed E-state index contributed by atoms with van der Waals surface area (Å²) < 4.78 is 37.9. The average Bonchev–Trinajstić information content (AvgIpc) is 3.27. The van der Waals surface area contributed by atoms with Gasteiger partial charge in [-0.1, -0.05) is 12.1 Å². The Bertz CT molecular complexity index is 447. The van der Waals surface area contributed by atoms with Crippen molar-refractivity contribution in [1.82, 2.24) is 5.32 Å². The van der Waals surface area contributed by atoms with Crippen LogP contribution in [0.5, 0.6) is 0 Å². The normalized spacial score (nSPS) is 19.1. The molecule has 0 spiro atoms. The Morgan fingerprint density at radius 2 is 1.70 bits per heavy atom. The van der Waals surface area contributed by atoms with Gasteiger partial charge in [0, 0.05) is 24.3 Å². The molecule has 0 amide bonds. The molecule has 0 heterocycles. The Morgan fingerprint density at radius 3 is 2.20 bits per heavy atom. The van der Waals surface area contributed by atoms with Crippen LogP contribution in [0.1, 0.15) is 31.2 Å². The highest BCUT2D eigenvalue weighted by atomic mass is 19.4. The minimum Gasteiger partial charge on any atom is -0.360 e. The summed E-state index contributed by atoms with van der Waals surface area (Å²) in [5.74, 6) is 0. The molecule has 20 heavy (non-hydrogen) atoms. The Hall–Kier alpha value is -1.23. The molecule has 0 saturated heterocycles. The van der Waals surface area contributed by atoms with Crippen LogP contribution in [-0.4, -0.2) is 24.8 Å². The van der Waals surface area contributed by atoms with Crippen LogP contribution in [0.25, 0.3) is 0 Å². The standard InChI is InChI=1S/C15H19F3N2/c16-15(17,18)10-20(14-7-8-14)13-5-1-11(2-6-13)9-19-12-3-4-12/h1-2,5-6,12,14,19H,3-4,7-10H2. The van der Waals surface area contributed by atoms with Crippen LogP contribution in [-0.2, 0) is 6.54 Å². The third kappa shape index (κ3) is 3.88. The fourth-order valence-corrected chi connectivity index (χ4v) is 2.37. The first-order valence-electron chi connectivity index (χ1n) is 7.17. The van der Waals surface area contributed by atoms with Crippen LogP contribution in [0.2, 0.25) is 0 Å². The van der Waals surface area contributed by atoms with Crippen molar-refractivity contribution in [3.05, 3.63) is 29.8 Å². The van der Waals surface area contributed by atoms with E-state index in [1.807, 2.05) is 24.3 Å². The first-order chi connectivity index (χ1) is 9.51. The summed E-state index contributed by atoms with van der Waals surface area (Å²) in [7, 11) is 0. The molecule has 0 aromatic heterocycles. The number of nitrogens with one attached hydrogen (secondary N) is 1. The van der Waals surface area contributed by atoms with E-state index in [1.54, 1.807) is 0 Å². The largest absolute Gasteiger partial charge is 0.405 e. The van der Waals surface area contributed by atoms with E-state index in [0.717, 1.165) is 24.9 Å². The number of alkyl halides is 3. The van der Waals surface area contributed by atoms with E-state index in [0.29, 0.717) is 11.7 Å². The highest BCUT2D eigenvalue weighted by Crippen LogP contribution is 2.34. The van der Waals surface area contributed by atoms with Crippen molar-refractivity contribution < 1.29 is 13.2 Å². The number of hydrogen-bond acceptors (Lipinski definition) is 2. The zero-order chi connectivity index (χ0) is 14.2. The number of anilines is 1. The van der Waals surface area contributed by atoms with Gasteiger partial charge in [-0.15, -0.1) is 0 Å². The van der Waals surface area contributed by atoms with E-state index >= 15 is 0 Å². The predicted molar refractivity (Wildman–Crippen MR) is 72.7 cm³/mol. The van der Waals surface area contributed by atoms with Gasteiger partial charge >= 0.3 is 6.18 Å². The van der Waals surface area contributed by atoms with Crippen molar-refractivity contribution in [1.29, 1.82) is 0 Å². The fraction of sp³-hybridized carbons (Fsp3) is 0.600. The Kier molecular flexibility index (Phi) is 3.63. The van der Waals surface area contributed by atoms with Gasteiger partial charge in [-0.25, -0.2) is 0 Å². The lowest BCUT2D eigenvalue weighted by Gasteiger charge is -2.26. The van der Waals surface area contributed by atoms with Crippen LogP contribution >= 0.6 is 0 Å².